The van der Waals surface area contributed by atoms with Crippen LogP contribution in [0, 0.1) is 11.3 Å². The SMILES string of the molecule is CC[C@]12C=CCN3CC[C@@]4(c5cc([C@@]6(C(=O)OC)C[C@@H]7CN(CCc8c6[nH]c6ccccc86)C[C@](O)(CCN=[N+]=[N-])C7)c(OC)cc5N(C)[C@H]4[C@@](O)(C(=O)OC)[C@@H]1OC(C)=O)[C@@H]32. The molecule has 1 unspecified atom stereocenters. The Morgan fingerprint density at radius 3 is 2.52 bits per heavy atom. The largest absolute Gasteiger partial charge is 0.496 e. The number of aromatic amines is 1. The number of fused-ring (bicyclic) bond motifs is 6. The molecule has 62 heavy (non-hydrogen) atoms. The highest BCUT2D eigenvalue weighted by molar-refractivity contribution is 5.95. The van der Waals surface area contributed by atoms with E-state index in [4.69, 9.17) is 24.5 Å². The van der Waals surface area contributed by atoms with Crippen LogP contribution in [-0.2, 0) is 45.8 Å². The fraction of sp³-hybridized carbons (Fsp3) is 0.587. The number of anilines is 1. The summed E-state index contributed by atoms with van der Waals surface area (Å²) >= 11 is 0. The van der Waals surface area contributed by atoms with Gasteiger partial charge in [0.25, 0.3) is 0 Å². The van der Waals surface area contributed by atoms with Gasteiger partial charge in [-0.3, -0.25) is 19.4 Å². The van der Waals surface area contributed by atoms with Crippen LogP contribution in [0.4, 0.5) is 5.69 Å². The fourth-order valence-electron chi connectivity index (χ4n) is 13.7. The molecule has 2 saturated heterocycles. The number of aliphatic hydroxyl groups is 2. The lowest BCUT2D eigenvalue weighted by atomic mass is 9.47. The molecule has 0 amide bonds. The number of nitrogens with one attached hydrogen (secondary N) is 1. The maximum Gasteiger partial charge on any atom is 0.344 e. The molecule has 6 heterocycles. The molecule has 2 aromatic carbocycles. The van der Waals surface area contributed by atoms with Crippen molar-refractivity contribution in [1.29, 1.82) is 0 Å². The molecular weight excluding hydrogens is 795 g/mol. The molecule has 3 aromatic rings. The van der Waals surface area contributed by atoms with E-state index in [1.54, 1.807) is 7.11 Å². The van der Waals surface area contributed by atoms with Crippen molar-refractivity contribution in [2.45, 2.75) is 92.6 Å². The summed E-state index contributed by atoms with van der Waals surface area (Å²) in [5.41, 5.74) is 6.73. The first-order chi connectivity index (χ1) is 29.7. The van der Waals surface area contributed by atoms with Crippen LogP contribution in [0.15, 0.2) is 53.7 Å². The van der Waals surface area contributed by atoms with Crippen molar-refractivity contribution in [2.75, 3.05) is 72.5 Å². The minimum absolute atomic E-state index is 0.137. The molecule has 10 atom stereocenters. The number of azide groups is 1. The number of hydrogen-bond donors (Lipinski definition) is 3. The van der Waals surface area contributed by atoms with Crippen LogP contribution in [0.3, 0.4) is 0 Å². The Labute approximate surface area is 360 Å². The number of carbonyl (C=O) groups excluding carboxylic acids is 3. The van der Waals surface area contributed by atoms with Gasteiger partial charge in [0.05, 0.1) is 33.0 Å². The molecule has 6 aliphatic rings. The van der Waals surface area contributed by atoms with Gasteiger partial charge in [0.2, 0.25) is 5.60 Å². The number of piperidine rings is 1. The molecule has 3 N–H and O–H groups in total. The van der Waals surface area contributed by atoms with Crippen LogP contribution in [0.1, 0.15) is 68.3 Å². The van der Waals surface area contributed by atoms with Crippen LogP contribution in [0.5, 0.6) is 5.75 Å². The number of rotatable bonds is 9. The third-order valence-corrected chi connectivity index (χ3v) is 15.7. The molecule has 16 nitrogen and oxygen atoms in total. The van der Waals surface area contributed by atoms with Crippen LogP contribution in [0.2, 0.25) is 0 Å². The molecular formula is C46H57N7O9. The molecule has 9 rings (SSSR count). The van der Waals surface area contributed by atoms with Gasteiger partial charge in [-0.25, -0.2) is 4.79 Å². The highest BCUT2D eigenvalue weighted by Gasteiger charge is 2.80. The number of methoxy groups -OCH3 is 3. The van der Waals surface area contributed by atoms with E-state index in [1.807, 2.05) is 55.3 Å². The topological polar surface area (TPSA) is 203 Å². The lowest BCUT2D eigenvalue weighted by molar-refractivity contribution is -0.228. The molecule has 0 radical (unpaired) electrons. The normalized spacial score (nSPS) is 35.5. The number of carbonyl (C=O) groups is 3. The van der Waals surface area contributed by atoms with Crippen molar-refractivity contribution in [3.05, 3.63) is 81.4 Å². The zero-order valence-corrected chi connectivity index (χ0v) is 36.3. The van der Waals surface area contributed by atoms with E-state index in [-0.39, 0.29) is 31.3 Å². The quantitative estimate of drug-likeness (QED) is 0.0690. The van der Waals surface area contributed by atoms with E-state index >= 15 is 4.79 Å². The summed E-state index contributed by atoms with van der Waals surface area (Å²) in [7, 11) is 6.05. The van der Waals surface area contributed by atoms with E-state index in [0.717, 1.165) is 22.0 Å². The predicted octanol–water partition coefficient (Wildman–Crippen LogP) is 4.28. The van der Waals surface area contributed by atoms with Gasteiger partial charge >= 0.3 is 17.9 Å². The van der Waals surface area contributed by atoms with Crippen molar-refractivity contribution < 1.29 is 43.5 Å². The molecule has 16 heteroatoms. The maximum absolute atomic E-state index is 15.4. The second-order valence-electron chi connectivity index (χ2n) is 18.6. The summed E-state index contributed by atoms with van der Waals surface area (Å²) in [6.07, 6.45) is 5.17. The average molecular weight is 852 g/mol. The van der Waals surface area contributed by atoms with Crippen molar-refractivity contribution in [1.82, 2.24) is 14.8 Å². The molecule has 1 saturated carbocycles. The smallest absolute Gasteiger partial charge is 0.344 e. The summed E-state index contributed by atoms with van der Waals surface area (Å²) in [4.78, 5) is 56.1. The Morgan fingerprint density at radius 2 is 1.81 bits per heavy atom. The Bertz CT molecular complexity index is 2420. The molecule has 1 aliphatic carbocycles. The van der Waals surface area contributed by atoms with Gasteiger partial charge in [0, 0.05) is 102 Å². The van der Waals surface area contributed by atoms with Gasteiger partial charge in [-0.15, -0.1) is 0 Å². The number of H-pyrrole nitrogens is 1. The van der Waals surface area contributed by atoms with E-state index in [1.165, 1.54) is 21.1 Å². The Morgan fingerprint density at radius 1 is 1.03 bits per heavy atom. The molecule has 330 valence electrons. The molecule has 1 spiro atoms. The monoisotopic (exact) mass is 851 g/mol. The summed E-state index contributed by atoms with van der Waals surface area (Å²) in [6, 6.07) is 10.7. The van der Waals surface area contributed by atoms with E-state index in [2.05, 4.69) is 36.9 Å². The van der Waals surface area contributed by atoms with Gasteiger partial charge in [0.1, 0.15) is 11.2 Å². The third kappa shape index (κ3) is 5.65. The number of hydrogen-bond acceptors (Lipinski definition) is 13. The van der Waals surface area contributed by atoms with Crippen molar-refractivity contribution in [3.63, 3.8) is 0 Å². The first-order valence-corrected chi connectivity index (χ1v) is 21.7. The molecule has 2 bridgehead atoms. The van der Waals surface area contributed by atoms with Gasteiger partial charge < -0.3 is 39.0 Å². The summed E-state index contributed by atoms with van der Waals surface area (Å²) in [5.74, 6) is -1.84. The fourth-order valence-corrected chi connectivity index (χ4v) is 13.7. The number of aromatic nitrogens is 1. The zero-order valence-electron chi connectivity index (χ0n) is 36.3. The third-order valence-electron chi connectivity index (χ3n) is 15.7. The number of likely N-dealkylation sites (N-methyl/N-ethyl adjacent to an activating group) is 1. The number of nitrogens with zero attached hydrogens (tertiary/aromatic N) is 6. The van der Waals surface area contributed by atoms with Gasteiger partial charge in [-0.2, -0.15) is 0 Å². The lowest BCUT2D eigenvalue weighted by Crippen LogP contribution is -2.81. The highest BCUT2D eigenvalue weighted by atomic mass is 16.6. The van der Waals surface area contributed by atoms with E-state index in [9.17, 15) is 19.8 Å². The molecule has 1 aromatic heterocycles. The summed E-state index contributed by atoms with van der Waals surface area (Å²) < 4.78 is 23.9. The average Bonchev–Trinajstić information content (AvgIpc) is 3.92. The van der Waals surface area contributed by atoms with Gasteiger partial charge in [0.15, 0.2) is 6.10 Å². The van der Waals surface area contributed by atoms with Crippen LogP contribution in [-0.4, -0.2) is 140 Å². The van der Waals surface area contributed by atoms with E-state index in [0.29, 0.717) is 81.1 Å². The molecule has 3 fully saturated rings. The highest BCUT2D eigenvalue weighted by Crippen LogP contribution is 2.68. The number of ether oxygens (including phenoxy) is 4. The maximum atomic E-state index is 15.4. The van der Waals surface area contributed by atoms with Gasteiger partial charge in [-0.05, 0) is 79.8 Å². The number of benzene rings is 2. The Kier molecular flexibility index (Phi) is 10.2. The number of para-hydroxylation sites is 1. The summed E-state index contributed by atoms with van der Waals surface area (Å²) in [6.45, 7) is 6.30. The minimum atomic E-state index is -2.33. The second kappa shape index (κ2) is 15.0. The molecule has 5 aliphatic heterocycles. The van der Waals surface area contributed by atoms with Crippen molar-refractivity contribution in [2.24, 2.45) is 16.4 Å². The zero-order chi connectivity index (χ0) is 44.0. The van der Waals surface area contributed by atoms with Crippen molar-refractivity contribution in [3.8, 4) is 5.75 Å². The Hall–Kier alpha value is -5.12. The lowest BCUT2D eigenvalue weighted by Gasteiger charge is -2.63. The predicted molar refractivity (Wildman–Crippen MR) is 229 cm³/mol. The number of esters is 3. The second-order valence-corrected chi connectivity index (χ2v) is 18.6. The standard InChI is InChI=1S/C46H57N7O9/c1-7-43-14-10-18-53-20-16-44(37(43)53)31-21-32(35(59-4)22-34(31)51(3)38(44)46(58,41(56)61-6)39(43)62-27(2)54)45(40(55)60-5)24-28-23-42(57,15-17-48-50-47)26-52(25-28)19-13-30-29-11-8-9-12-33(29)49-36(30)45/h8-12,14,21-22,28,37-39,49,57-58H,7,13,15-20,23-26H2,1-6H3/t28-,37+,38-,39-,42+,43-,44-,45+,46+/m1/s1. The summed E-state index contributed by atoms with van der Waals surface area (Å²) in [5, 5.41) is 30.3. The van der Waals surface area contributed by atoms with Crippen LogP contribution < -0.4 is 9.64 Å². The first-order valence-electron chi connectivity index (χ1n) is 21.7. The van der Waals surface area contributed by atoms with Crippen LogP contribution in [0.25, 0.3) is 21.3 Å². The minimum Gasteiger partial charge on any atom is -0.496 e. The van der Waals surface area contributed by atoms with Crippen molar-refractivity contribution >= 4 is 34.5 Å². The van der Waals surface area contributed by atoms with Gasteiger partial charge in [-0.1, -0.05) is 42.4 Å². The van der Waals surface area contributed by atoms with Crippen LogP contribution >= 0.6 is 0 Å². The Balaban J connectivity index is 1.34. The first kappa shape index (κ1) is 42.2. The van der Waals surface area contributed by atoms with E-state index < -0.39 is 57.5 Å².